The van der Waals surface area contributed by atoms with Crippen molar-refractivity contribution in [2.45, 2.75) is 32.1 Å². The first-order chi connectivity index (χ1) is 4.93. The maximum Gasteiger partial charge on any atom is 0.133 e. The number of thioether (sulfide) groups is 1. The summed E-state index contributed by atoms with van der Waals surface area (Å²) in [4.78, 5) is 0. The van der Waals surface area contributed by atoms with Crippen LogP contribution in [0.1, 0.15) is 32.1 Å². The van der Waals surface area contributed by atoms with Crippen molar-refractivity contribution in [2.24, 2.45) is 5.92 Å². The SMILES string of the molecule is N#CSCCC1CCCC1. The highest BCUT2D eigenvalue weighted by atomic mass is 32.2. The van der Waals surface area contributed by atoms with E-state index in [1.807, 2.05) is 0 Å². The molecule has 1 nitrogen and oxygen atoms in total. The van der Waals surface area contributed by atoms with Crippen LogP contribution in [0.25, 0.3) is 0 Å². The Hall–Kier alpha value is -0.160. The lowest BCUT2D eigenvalue weighted by Gasteiger charge is -2.04. The summed E-state index contributed by atoms with van der Waals surface area (Å²) in [6.45, 7) is 0. The van der Waals surface area contributed by atoms with E-state index in [0.29, 0.717) is 0 Å². The molecule has 0 spiro atoms. The lowest BCUT2D eigenvalue weighted by Crippen LogP contribution is -1.93. The Morgan fingerprint density at radius 3 is 2.70 bits per heavy atom. The second-order valence-electron chi connectivity index (χ2n) is 2.88. The molecule has 0 atom stereocenters. The van der Waals surface area contributed by atoms with Crippen LogP contribution in [0, 0.1) is 16.6 Å². The Labute approximate surface area is 66.8 Å². The Bertz CT molecular complexity index is 122. The van der Waals surface area contributed by atoms with Gasteiger partial charge in [0.15, 0.2) is 0 Å². The van der Waals surface area contributed by atoms with Gasteiger partial charge in [-0.25, -0.2) is 0 Å². The standard InChI is InChI=1S/C8H13NS/c9-7-10-6-5-8-3-1-2-4-8/h8H,1-6H2. The van der Waals surface area contributed by atoms with Gasteiger partial charge in [-0.1, -0.05) is 25.7 Å². The second-order valence-corrected chi connectivity index (χ2v) is 3.76. The van der Waals surface area contributed by atoms with Crippen molar-refractivity contribution in [2.75, 3.05) is 5.75 Å². The van der Waals surface area contributed by atoms with Crippen LogP contribution < -0.4 is 0 Å². The second kappa shape index (κ2) is 4.62. The smallest absolute Gasteiger partial charge is 0.133 e. The van der Waals surface area contributed by atoms with E-state index < -0.39 is 0 Å². The maximum atomic E-state index is 8.25. The molecule has 0 aromatic heterocycles. The van der Waals surface area contributed by atoms with Gasteiger partial charge in [0.05, 0.1) is 0 Å². The first-order valence-electron chi connectivity index (χ1n) is 3.94. The van der Waals surface area contributed by atoms with E-state index in [9.17, 15) is 0 Å². The highest BCUT2D eigenvalue weighted by molar-refractivity contribution is 8.03. The van der Waals surface area contributed by atoms with Crippen LogP contribution >= 0.6 is 11.8 Å². The number of nitrogens with zero attached hydrogens (tertiary/aromatic N) is 1. The molecule has 1 saturated carbocycles. The Morgan fingerprint density at radius 2 is 2.10 bits per heavy atom. The van der Waals surface area contributed by atoms with Crippen LogP contribution in [-0.4, -0.2) is 5.75 Å². The van der Waals surface area contributed by atoms with Gasteiger partial charge in [0.1, 0.15) is 5.40 Å². The average molecular weight is 155 g/mol. The fourth-order valence-electron chi connectivity index (χ4n) is 1.57. The quantitative estimate of drug-likeness (QED) is 0.462. The summed E-state index contributed by atoms with van der Waals surface area (Å²) in [5.74, 6) is 1.99. The largest absolute Gasteiger partial charge is 0.185 e. The van der Waals surface area contributed by atoms with Gasteiger partial charge >= 0.3 is 0 Å². The molecule has 0 amide bonds. The monoisotopic (exact) mass is 155 g/mol. The molecule has 0 aromatic rings. The van der Waals surface area contributed by atoms with Crippen LogP contribution in [0.4, 0.5) is 0 Å². The molecule has 1 aliphatic carbocycles. The minimum absolute atomic E-state index is 0.945. The first-order valence-corrected chi connectivity index (χ1v) is 4.93. The summed E-state index contributed by atoms with van der Waals surface area (Å²) >= 11 is 1.40. The molecule has 0 aromatic carbocycles. The zero-order valence-corrected chi connectivity index (χ0v) is 6.99. The molecule has 1 rings (SSSR count). The summed E-state index contributed by atoms with van der Waals surface area (Å²) in [6.07, 6.45) is 6.92. The first kappa shape index (κ1) is 7.94. The zero-order valence-electron chi connectivity index (χ0n) is 6.18. The fraction of sp³-hybridized carbons (Fsp3) is 0.875. The Balaban J connectivity index is 1.97. The van der Waals surface area contributed by atoms with Crippen molar-refractivity contribution < 1.29 is 0 Å². The molecule has 1 aliphatic rings. The van der Waals surface area contributed by atoms with E-state index in [4.69, 9.17) is 5.26 Å². The zero-order chi connectivity index (χ0) is 7.23. The summed E-state index contributed by atoms with van der Waals surface area (Å²) in [5, 5.41) is 10.4. The summed E-state index contributed by atoms with van der Waals surface area (Å²) in [7, 11) is 0. The molecule has 0 saturated heterocycles. The Kier molecular flexibility index (Phi) is 3.67. The van der Waals surface area contributed by atoms with Gasteiger partial charge in [-0.05, 0) is 24.1 Å². The van der Waals surface area contributed by atoms with E-state index in [0.717, 1.165) is 11.7 Å². The van der Waals surface area contributed by atoms with E-state index >= 15 is 0 Å². The van der Waals surface area contributed by atoms with Crippen LogP contribution in [-0.2, 0) is 0 Å². The van der Waals surface area contributed by atoms with Crippen molar-refractivity contribution in [3.63, 3.8) is 0 Å². The third kappa shape index (κ3) is 2.62. The van der Waals surface area contributed by atoms with Crippen LogP contribution in [0.5, 0.6) is 0 Å². The molecular formula is C8H13NS. The van der Waals surface area contributed by atoms with Gasteiger partial charge in [0.25, 0.3) is 0 Å². The molecule has 10 heavy (non-hydrogen) atoms. The molecule has 0 bridgehead atoms. The number of thiocyanates is 1. The molecular weight excluding hydrogens is 142 g/mol. The number of hydrogen-bond donors (Lipinski definition) is 0. The molecule has 0 heterocycles. The van der Waals surface area contributed by atoms with Gasteiger partial charge in [-0.3, -0.25) is 0 Å². The van der Waals surface area contributed by atoms with Gasteiger partial charge in [-0.15, -0.1) is 0 Å². The third-order valence-corrected chi connectivity index (χ3v) is 2.74. The molecule has 0 N–H and O–H groups in total. The van der Waals surface area contributed by atoms with Crippen molar-refractivity contribution in [1.29, 1.82) is 5.26 Å². The van der Waals surface area contributed by atoms with Crippen LogP contribution in [0.3, 0.4) is 0 Å². The van der Waals surface area contributed by atoms with Gasteiger partial charge in [-0.2, -0.15) is 5.26 Å². The van der Waals surface area contributed by atoms with Crippen molar-refractivity contribution >= 4 is 11.8 Å². The fourth-order valence-corrected chi connectivity index (χ4v) is 2.11. The van der Waals surface area contributed by atoms with E-state index in [1.165, 1.54) is 43.9 Å². The third-order valence-electron chi connectivity index (χ3n) is 2.17. The van der Waals surface area contributed by atoms with Gasteiger partial charge < -0.3 is 0 Å². The van der Waals surface area contributed by atoms with E-state index in [2.05, 4.69) is 5.40 Å². The molecule has 56 valence electrons. The molecule has 0 aliphatic heterocycles. The lowest BCUT2D eigenvalue weighted by molar-refractivity contribution is 0.535. The van der Waals surface area contributed by atoms with Gasteiger partial charge in [0.2, 0.25) is 0 Å². The molecule has 0 radical (unpaired) electrons. The highest BCUT2D eigenvalue weighted by Gasteiger charge is 2.13. The Morgan fingerprint density at radius 1 is 1.40 bits per heavy atom. The van der Waals surface area contributed by atoms with Crippen LogP contribution in [0.2, 0.25) is 0 Å². The lowest BCUT2D eigenvalue weighted by atomic mass is 10.1. The summed E-state index contributed by atoms with van der Waals surface area (Å²) < 4.78 is 0. The summed E-state index contributed by atoms with van der Waals surface area (Å²) in [5.41, 5.74) is 0. The molecule has 0 unspecified atom stereocenters. The minimum atomic E-state index is 0.945. The predicted octanol–water partition coefficient (Wildman–Crippen LogP) is 2.78. The normalized spacial score (nSPS) is 19.1. The highest BCUT2D eigenvalue weighted by Crippen LogP contribution is 2.28. The van der Waals surface area contributed by atoms with Gasteiger partial charge in [0, 0.05) is 5.75 Å². The van der Waals surface area contributed by atoms with Crippen molar-refractivity contribution in [3.05, 3.63) is 0 Å². The summed E-state index contributed by atoms with van der Waals surface area (Å²) in [6, 6.07) is 0. The minimum Gasteiger partial charge on any atom is -0.185 e. The number of nitriles is 1. The topological polar surface area (TPSA) is 23.8 Å². The number of hydrogen-bond acceptors (Lipinski definition) is 2. The van der Waals surface area contributed by atoms with E-state index in [1.54, 1.807) is 0 Å². The van der Waals surface area contributed by atoms with Crippen molar-refractivity contribution in [1.82, 2.24) is 0 Å². The average Bonchev–Trinajstić information content (AvgIpc) is 2.41. The molecule has 1 fully saturated rings. The van der Waals surface area contributed by atoms with Crippen molar-refractivity contribution in [3.8, 4) is 5.40 Å². The molecule has 2 heteroatoms. The maximum absolute atomic E-state index is 8.25. The number of rotatable bonds is 3. The predicted molar refractivity (Wildman–Crippen MR) is 44.6 cm³/mol. The van der Waals surface area contributed by atoms with Crippen LogP contribution in [0.15, 0.2) is 0 Å². The van der Waals surface area contributed by atoms with E-state index in [-0.39, 0.29) is 0 Å².